The van der Waals surface area contributed by atoms with E-state index in [-0.39, 0.29) is 0 Å². The smallest absolute Gasteiger partial charge is 0.147 e. The molecule has 5 heteroatoms. The minimum atomic E-state index is 0.465. The number of pyridine rings is 1. The molecule has 1 aromatic rings. The average molecular weight is 246 g/mol. The Morgan fingerprint density at radius 1 is 1.53 bits per heavy atom. The highest BCUT2D eigenvalue weighted by molar-refractivity contribution is 6.36. The molecule has 1 atom stereocenters. The average Bonchev–Trinajstić information content (AvgIpc) is 2.17. The third-order valence-corrected chi connectivity index (χ3v) is 2.94. The molecule has 82 valence electrons. The number of hydrogen-bond donors (Lipinski definition) is 1. The van der Waals surface area contributed by atoms with Gasteiger partial charge in [0.15, 0.2) is 0 Å². The molecule has 1 saturated heterocycles. The van der Waals surface area contributed by atoms with Gasteiger partial charge in [-0.2, -0.15) is 0 Å². The van der Waals surface area contributed by atoms with Gasteiger partial charge in [-0.1, -0.05) is 23.2 Å². The van der Waals surface area contributed by atoms with E-state index in [0.717, 1.165) is 25.5 Å². The Balaban J connectivity index is 2.21. The Morgan fingerprint density at radius 3 is 3.00 bits per heavy atom. The van der Waals surface area contributed by atoms with Gasteiger partial charge in [-0.15, -0.1) is 0 Å². The van der Waals surface area contributed by atoms with Crippen molar-refractivity contribution in [3.05, 3.63) is 22.3 Å². The quantitative estimate of drug-likeness (QED) is 0.823. The fourth-order valence-electron chi connectivity index (χ4n) is 1.76. The van der Waals surface area contributed by atoms with Gasteiger partial charge >= 0.3 is 0 Å². The van der Waals surface area contributed by atoms with Gasteiger partial charge in [0.05, 0.1) is 10.0 Å². The fourth-order valence-corrected chi connectivity index (χ4v) is 2.26. The standard InChI is InChI=1S/C10H13Cl2N3/c1-7-6-15(3-2-13-7)10-9(12)4-8(11)5-14-10/h4-5,7,13H,2-3,6H2,1H3/t7-/m0/s1. The number of halogens is 2. The number of aromatic nitrogens is 1. The zero-order valence-corrected chi connectivity index (χ0v) is 10.0. The third kappa shape index (κ3) is 2.54. The van der Waals surface area contributed by atoms with Crippen molar-refractivity contribution in [1.82, 2.24) is 10.3 Å². The molecule has 0 aliphatic carbocycles. The van der Waals surface area contributed by atoms with Crippen LogP contribution in [-0.4, -0.2) is 30.7 Å². The van der Waals surface area contributed by atoms with E-state index in [0.29, 0.717) is 16.1 Å². The second kappa shape index (κ2) is 4.56. The Bertz CT molecular complexity index is 357. The van der Waals surface area contributed by atoms with Gasteiger partial charge in [0, 0.05) is 31.9 Å². The van der Waals surface area contributed by atoms with Crippen LogP contribution in [0.5, 0.6) is 0 Å². The van der Waals surface area contributed by atoms with Crippen LogP contribution in [-0.2, 0) is 0 Å². The molecule has 0 bridgehead atoms. The molecule has 0 amide bonds. The number of nitrogens with one attached hydrogen (secondary N) is 1. The summed E-state index contributed by atoms with van der Waals surface area (Å²) in [5.74, 6) is 0.828. The van der Waals surface area contributed by atoms with Gasteiger partial charge in [0.25, 0.3) is 0 Å². The number of hydrogen-bond acceptors (Lipinski definition) is 3. The van der Waals surface area contributed by atoms with Crippen LogP contribution in [0.1, 0.15) is 6.92 Å². The zero-order valence-electron chi connectivity index (χ0n) is 8.50. The van der Waals surface area contributed by atoms with Gasteiger partial charge in [0.1, 0.15) is 5.82 Å². The monoisotopic (exact) mass is 245 g/mol. The molecular weight excluding hydrogens is 233 g/mol. The summed E-state index contributed by atoms with van der Waals surface area (Å²) >= 11 is 11.9. The molecule has 2 heterocycles. The highest BCUT2D eigenvalue weighted by Crippen LogP contribution is 2.26. The molecule has 3 nitrogen and oxygen atoms in total. The Labute approximate surface area is 99.4 Å². The first-order chi connectivity index (χ1) is 7.16. The Morgan fingerprint density at radius 2 is 2.33 bits per heavy atom. The van der Waals surface area contributed by atoms with E-state index in [1.54, 1.807) is 12.3 Å². The second-order valence-corrected chi connectivity index (χ2v) is 4.60. The largest absolute Gasteiger partial charge is 0.353 e. The van der Waals surface area contributed by atoms with E-state index in [9.17, 15) is 0 Å². The fraction of sp³-hybridized carbons (Fsp3) is 0.500. The summed E-state index contributed by atoms with van der Waals surface area (Å²) in [5.41, 5.74) is 0. The maximum atomic E-state index is 6.10. The van der Waals surface area contributed by atoms with Crippen LogP contribution in [0.4, 0.5) is 5.82 Å². The number of anilines is 1. The summed E-state index contributed by atoms with van der Waals surface area (Å²) in [6.07, 6.45) is 1.63. The minimum Gasteiger partial charge on any atom is -0.353 e. The number of nitrogens with zero attached hydrogens (tertiary/aromatic N) is 2. The van der Waals surface area contributed by atoms with Crippen molar-refractivity contribution in [2.45, 2.75) is 13.0 Å². The van der Waals surface area contributed by atoms with Gasteiger partial charge in [-0.05, 0) is 13.0 Å². The molecule has 0 saturated carbocycles. The minimum absolute atomic E-state index is 0.465. The molecule has 0 unspecified atom stereocenters. The molecule has 0 aromatic carbocycles. The van der Waals surface area contributed by atoms with Gasteiger partial charge < -0.3 is 10.2 Å². The lowest BCUT2D eigenvalue weighted by Crippen LogP contribution is -2.49. The van der Waals surface area contributed by atoms with Crippen LogP contribution >= 0.6 is 23.2 Å². The molecule has 1 aromatic heterocycles. The Kier molecular flexibility index (Phi) is 3.34. The molecule has 1 aliphatic rings. The summed E-state index contributed by atoms with van der Waals surface area (Å²) in [4.78, 5) is 6.45. The van der Waals surface area contributed by atoms with E-state index in [1.807, 2.05) is 0 Å². The lowest BCUT2D eigenvalue weighted by Gasteiger charge is -2.33. The van der Waals surface area contributed by atoms with Crippen LogP contribution in [0.25, 0.3) is 0 Å². The van der Waals surface area contributed by atoms with E-state index in [2.05, 4.69) is 22.1 Å². The lowest BCUT2D eigenvalue weighted by molar-refractivity contribution is 0.482. The first-order valence-corrected chi connectivity index (χ1v) is 5.72. The first kappa shape index (κ1) is 11.0. The molecule has 0 spiro atoms. The van der Waals surface area contributed by atoms with Crippen LogP contribution in [0.3, 0.4) is 0 Å². The van der Waals surface area contributed by atoms with E-state index >= 15 is 0 Å². The van der Waals surface area contributed by atoms with Gasteiger partial charge in [0.2, 0.25) is 0 Å². The van der Waals surface area contributed by atoms with Crippen molar-refractivity contribution >= 4 is 29.0 Å². The molecule has 1 aliphatic heterocycles. The van der Waals surface area contributed by atoms with Crippen LogP contribution < -0.4 is 10.2 Å². The molecular formula is C10H13Cl2N3. The number of rotatable bonds is 1. The van der Waals surface area contributed by atoms with Gasteiger partial charge in [-0.25, -0.2) is 4.98 Å². The van der Waals surface area contributed by atoms with Crippen molar-refractivity contribution < 1.29 is 0 Å². The lowest BCUT2D eigenvalue weighted by atomic mass is 10.2. The van der Waals surface area contributed by atoms with Crippen LogP contribution in [0.15, 0.2) is 12.3 Å². The van der Waals surface area contributed by atoms with E-state index in [1.165, 1.54) is 0 Å². The molecule has 1 N–H and O–H groups in total. The van der Waals surface area contributed by atoms with Crippen molar-refractivity contribution in [1.29, 1.82) is 0 Å². The Hall–Kier alpha value is -0.510. The van der Waals surface area contributed by atoms with Crippen LogP contribution in [0.2, 0.25) is 10.0 Å². The maximum Gasteiger partial charge on any atom is 0.147 e. The molecule has 1 fully saturated rings. The topological polar surface area (TPSA) is 28.2 Å². The predicted molar refractivity (Wildman–Crippen MR) is 63.9 cm³/mol. The van der Waals surface area contributed by atoms with Crippen molar-refractivity contribution in [3.63, 3.8) is 0 Å². The summed E-state index contributed by atoms with van der Waals surface area (Å²) < 4.78 is 0. The summed E-state index contributed by atoms with van der Waals surface area (Å²) in [6.45, 7) is 4.96. The summed E-state index contributed by atoms with van der Waals surface area (Å²) in [7, 11) is 0. The molecule has 0 radical (unpaired) electrons. The van der Waals surface area contributed by atoms with Crippen molar-refractivity contribution in [2.75, 3.05) is 24.5 Å². The van der Waals surface area contributed by atoms with Crippen LogP contribution in [0, 0.1) is 0 Å². The third-order valence-electron chi connectivity index (χ3n) is 2.46. The van der Waals surface area contributed by atoms with Crippen molar-refractivity contribution in [3.8, 4) is 0 Å². The first-order valence-electron chi connectivity index (χ1n) is 4.96. The normalized spacial score (nSPS) is 21.8. The van der Waals surface area contributed by atoms with Gasteiger partial charge in [-0.3, -0.25) is 0 Å². The highest BCUT2D eigenvalue weighted by Gasteiger charge is 2.18. The van der Waals surface area contributed by atoms with Crippen molar-refractivity contribution in [2.24, 2.45) is 0 Å². The second-order valence-electron chi connectivity index (χ2n) is 3.76. The maximum absolute atomic E-state index is 6.10. The number of piperazine rings is 1. The molecule has 2 rings (SSSR count). The SMILES string of the molecule is C[C@H]1CN(c2ncc(Cl)cc2Cl)CCN1. The summed E-state index contributed by atoms with van der Waals surface area (Å²) in [6, 6.07) is 2.20. The predicted octanol–water partition coefficient (Wildman–Crippen LogP) is 2.19. The van der Waals surface area contributed by atoms with E-state index in [4.69, 9.17) is 23.2 Å². The van der Waals surface area contributed by atoms with E-state index < -0.39 is 0 Å². The zero-order chi connectivity index (χ0) is 10.8. The summed E-state index contributed by atoms with van der Waals surface area (Å²) in [5, 5.41) is 4.57. The molecule has 15 heavy (non-hydrogen) atoms. The highest BCUT2D eigenvalue weighted by atomic mass is 35.5.